The van der Waals surface area contributed by atoms with E-state index in [1.165, 1.54) is 0 Å². The van der Waals surface area contributed by atoms with E-state index in [2.05, 4.69) is 10.1 Å². The van der Waals surface area contributed by atoms with E-state index in [1.54, 1.807) is 36.0 Å². The Labute approximate surface area is 139 Å². The van der Waals surface area contributed by atoms with Gasteiger partial charge in [-0.05, 0) is 11.1 Å². The van der Waals surface area contributed by atoms with Crippen LogP contribution in [0.25, 0.3) is 0 Å². The zero-order valence-electron chi connectivity index (χ0n) is 13.5. The third kappa shape index (κ3) is 10.2. The fraction of sp³-hybridized carbons (Fsp3) is 0.562. The molecule has 0 saturated carbocycles. The number of hydrogen-bond donors (Lipinski definition) is 1. The number of benzene rings is 1. The van der Waals surface area contributed by atoms with Crippen LogP contribution in [-0.2, 0) is 22.7 Å². The molecule has 0 aromatic heterocycles. The summed E-state index contributed by atoms with van der Waals surface area (Å²) in [4.78, 5) is 11.7. The molecule has 0 radical (unpaired) electrons. The Hall–Kier alpha value is -1.21. The number of hydrogen-bond acceptors (Lipinski definition) is 3. The average Bonchev–Trinajstić information content (AvgIpc) is 2.42. The van der Waals surface area contributed by atoms with Gasteiger partial charge >= 0.3 is 6.18 Å². The summed E-state index contributed by atoms with van der Waals surface area (Å²) >= 11 is 1.57. The van der Waals surface area contributed by atoms with Crippen LogP contribution in [0.2, 0.25) is 0 Å². The zero-order valence-corrected chi connectivity index (χ0v) is 14.3. The molecule has 0 aliphatic heterocycles. The molecule has 0 heterocycles. The van der Waals surface area contributed by atoms with Crippen molar-refractivity contribution >= 4 is 17.7 Å². The third-order valence-electron chi connectivity index (χ3n) is 2.68. The molecule has 23 heavy (non-hydrogen) atoms. The number of ether oxygens (including phenoxy) is 1. The van der Waals surface area contributed by atoms with Gasteiger partial charge in [-0.2, -0.15) is 13.2 Å². The highest BCUT2D eigenvalue weighted by molar-refractivity contribution is 8.01. The Bertz CT molecular complexity index is 496. The molecule has 0 aliphatic rings. The van der Waals surface area contributed by atoms with Crippen molar-refractivity contribution in [2.45, 2.75) is 44.8 Å². The molecule has 7 heteroatoms. The standard InChI is InChI=1S/C16H22F3NO2S/c1-15(2,3)23-10-14(21)20-8-12-4-6-13(7-5-12)9-22-11-16(17,18)19/h4-7H,8-11H2,1-3H3,(H,20,21). The lowest BCUT2D eigenvalue weighted by atomic mass is 10.1. The second-order valence-electron chi connectivity index (χ2n) is 6.10. The Morgan fingerprint density at radius 3 is 2.22 bits per heavy atom. The van der Waals surface area contributed by atoms with Crippen molar-refractivity contribution in [2.75, 3.05) is 12.4 Å². The predicted molar refractivity (Wildman–Crippen MR) is 86.2 cm³/mol. The van der Waals surface area contributed by atoms with Gasteiger partial charge in [0.05, 0.1) is 12.4 Å². The Kier molecular flexibility index (Phi) is 7.41. The first-order valence-corrected chi connectivity index (χ1v) is 8.17. The van der Waals surface area contributed by atoms with Crippen LogP contribution in [0, 0.1) is 0 Å². The van der Waals surface area contributed by atoms with Gasteiger partial charge in [0.1, 0.15) is 6.61 Å². The minimum atomic E-state index is -4.31. The molecule has 0 bridgehead atoms. The lowest BCUT2D eigenvalue weighted by Gasteiger charge is -2.17. The maximum atomic E-state index is 12.0. The van der Waals surface area contributed by atoms with Crippen molar-refractivity contribution in [1.29, 1.82) is 0 Å². The Morgan fingerprint density at radius 1 is 1.13 bits per heavy atom. The number of alkyl halides is 3. The van der Waals surface area contributed by atoms with Crippen LogP contribution in [0.1, 0.15) is 31.9 Å². The van der Waals surface area contributed by atoms with E-state index in [4.69, 9.17) is 0 Å². The van der Waals surface area contributed by atoms with Gasteiger partial charge in [-0.15, -0.1) is 11.8 Å². The molecule has 0 aliphatic carbocycles. The minimum Gasteiger partial charge on any atom is -0.367 e. The summed E-state index contributed by atoms with van der Waals surface area (Å²) in [5.41, 5.74) is 1.55. The normalized spacial score (nSPS) is 12.3. The summed E-state index contributed by atoms with van der Waals surface area (Å²) in [6.07, 6.45) is -4.31. The van der Waals surface area contributed by atoms with Crippen molar-refractivity contribution in [1.82, 2.24) is 5.32 Å². The molecule has 1 rings (SSSR count). The van der Waals surface area contributed by atoms with E-state index < -0.39 is 12.8 Å². The first-order chi connectivity index (χ1) is 10.6. The molecule has 0 saturated heterocycles. The molecule has 1 aromatic carbocycles. The van der Waals surface area contributed by atoms with Crippen LogP contribution in [0.15, 0.2) is 24.3 Å². The van der Waals surface area contributed by atoms with E-state index in [1.807, 2.05) is 20.8 Å². The third-order valence-corrected chi connectivity index (χ3v) is 3.96. The van der Waals surface area contributed by atoms with E-state index in [0.29, 0.717) is 17.9 Å². The van der Waals surface area contributed by atoms with Gasteiger partial charge in [-0.3, -0.25) is 4.79 Å². The van der Waals surface area contributed by atoms with Crippen LogP contribution < -0.4 is 5.32 Å². The SMILES string of the molecule is CC(C)(C)SCC(=O)NCc1ccc(COCC(F)(F)F)cc1. The topological polar surface area (TPSA) is 38.3 Å². The quantitative estimate of drug-likeness (QED) is 0.811. The number of carbonyl (C=O) groups is 1. The first-order valence-electron chi connectivity index (χ1n) is 7.18. The van der Waals surface area contributed by atoms with Crippen LogP contribution >= 0.6 is 11.8 Å². The van der Waals surface area contributed by atoms with Crippen molar-refractivity contribution in [2.24, 2.45) is 0 Å². The molecule has 3 nitrogen and oxygen atoms in total. The summed E-state index contributed by atoms with van der Waals surface area (Å²) in [5, 5.41) is 2.81. The number of thioether (sulfide) groups is 1. The van der Waals surface area contributed by atoms with Crippen LogP contribution in [0.5, 0.6) is 0 Å². The van der Waals surface area contributed by atoms with Crippen molar-refractivity contribution in [3.8, 4) is 0 Å². The molecule has 0 spiro atoms. The highest BCUT2D eigenvalue weighted by Gasteiger charge is 2.27. The van der Waals surface area contributed by atoms with E-state index in [9.17, 15) is 18.0 Å². The van der Waals surface area contributed by atoms with Gasteiger partial charge < -0.3 is 10.1 Å². The van der Waals surface area contributed by atoms with Crippen molar-refractivity contribution in [3.63, 3.8) is 0 Å². The monoisotopic (exact) mass is 349 g/mol. The van der Waals surface area contributed by atoms with Crippen LogP contribution in [0.4, 0.5) is 13.2 Å². The number of nitrogens with one attached hydrogen (secondary N) is 1. The molecular formula is C16H22F3NO2S. The largest absolute Gasteiger partial charge is 0.411 e. The minimum absolute atomic E-state index is 0.0371. The molecule has 0 atom stereocenters. The second kappa shape index (κ2) is 8.59. The summed E-state index contributed by atoms with van der Waals surface area (Å²) in [7, 11) is 0. The first kappa shape index (κ1) is 19.8. The fourth-order valence-electron chi connectivity index (χ4n) is 1.57. The van der Waals surface area contributed by atoms with Crippen molar-refractivity contribution in [3.05, 3.63) is 35.4 Å². The number of halogens is 3. The highest BCUT2D eigenvalue weighted by Crippen LogP contribution is 2.22. The smallest absolute Gasteiger partial charge is 0.367 e. The molecule has 1 amide bonds. The molecule has 1 aromatic rings. The molecule has 0 unspecified atom stereocenters. The molecule has 1 N–H and O–H groups in total. The lowest BCUT2D eigenvalue weighted by Crippen LogP contribution is -2.26. The summed E-state index contributed by atoms with van der Waals surface area (Å²) < 4.78 is 40.5. The average molecular weight is 349 g/mol. The van der Waals surface area contributed by atoms with Gasteiger partial charge in [0.15, 0.2) is 0 Å². The van der Waals surface area contributed by atoms with Gasteiger partial charge in [-0.1, -0.05) is 45.0 Å². The predicted octanol–water partition coefficient (Wildman–Crippen LogP) is 3.91. The maximum Gasteiger partial charge on any atom is 0.411 e. The fourth-order valence-corrected chi connectivity index (χ4v) is 2.24. The Balaban J connectivity index is 2.32. The van der Waals surface area contributed by atoms with Gasteiger partial charge in [-0.25, -0.2) is 0 Å². The second-order valence-corrected chi connectivity index (χ2v) is 7.90. The van der Waals surface area contributed by atoms with E-state index in [-0.39, 0.29) is 17.3 Å². The van der Waals surface area contributed by atoms with Gasteiger partial charge in [0, 0.05) is 11.3 Å². The molecule has 130 valence electrons. The van der Waals surface area contributed by atoms with Crippen LogP contribution in [-0.4, -0.2) is 29.2 Å². The molecule has 0 fully saturated rings. The highest BCUT2D eigenvalue weighted by atomic mass is 32.2. The van der Waals surface area contributed by atoms with Crippen LogP contribution in [0.3, 0.4) is 0 Å². The Morgan fingerprint density at radius 2 is 1.70 bits per heavy atom. The summed E-state index contributed by atoms with van der Waals surface area (Å²) in [6, 6.07) is 6.93. The number of amides is 1. The summed E-state index contributed by atoms with van der Waals surface area (Å²) in [5.74, 6) is 0.356. The number of rotatable bonds is 7. The van der Waals surface area contributed by atoms with Crippen molar-refractivity contribution < 1.29 is 22.7 Å². The maximum absolute atomic E-state index is 12.0. The lowest BCUT2D eigenvalue weighted by molar-refractivity contribution is -0.176. The number of carbonyl (C=O) groups excluding carboxylic acids is 1. The van der Waals surface area contributed by atoms with Gasteiger partial charge in [0.2, 0.25) is 5.91 Å². The summed E-state index contributed by atoms with van der Waals surface area (Å²) in [6.45, 7) is 5.19. The zero-order chi connectivity index (χ0) is 17.5. The van der Waals surface area contributed by atoms with Gasteiger partial charge in [0.25, 0.3) is 0 Å². The van der Waals surface area contributed by atoms with E-state index in [0.717, 1.165) is 5.56 Å². The molecular weight excluding hydrogens is 327 g/mol. The van der Waals surface area contributed by atoms with E-state index >= 15 is 0 Å².